The maximum Gasteiger partial charge on any atom is 0.225 e. The van der Waals surface area contributed by atoms with E-state index in [-0.39, 0.29) is 42.4 Å². The van der Waals surface area contributed by atoms with Crippen LogP contribution in [0.1, 0.15) is 44.9 Å². The Morgan fingerprint density at radius 3 is 2.42 bits per heavy atom. The second-order valence-electron chi connectivity index (χ2n) is 6.40. The highest BCUT2D eigenvalue weighted by atomic mass is 35.5. The molecule has 110 valence electrons. The lowest BCUT2D eigenvalue weighted by Crippen LogP contribution is -2.51. The first-order valence-electron chi connectivity index (χ1n) is 7.41. The van der Waals surface area contributed by atoms with E-state index >= 15 is 0 Å². The molecular weight excluding hydrogens is 264 g/mol. The third-order valence-electron chi connectivity index (χ3n) is 5.34. The number of amides is 1. The normalized spacial score (nSPS) is 44.7. The van der Waals surface area contributed by atoms with Crippen LogP contribution in [0.2, 0.25) is 0 Å². The number of nitrogens with two attached hydrogens (primary N) is 1. The average Bonchev–Trinajstić information content (AvgIpc) is 2.92. The fourth-order valence-corrected chi connectivity index (χ4v) is 4.28. The zero-order valence-electron chi connectivity index (χ0n) is 11.3. The Balaban J connectivity index is 0.00000133. The van der Waals surface area contributed by atoms with Crippen molar-refractivity contribution in [3.63, 3.8) is 0 Å². The molecule has 0 aromatic rings. The monoisotopic (exact) mass is 288 g/mol. The van der Waals surface area contributed by atoms with Crippen LogP contribution in [0.3, 0.4) is 0 Å². The summed E-state index contributed by atoms with van der Waals surface area (Å²) in [7, 11) is 0. The number of rotatable bonds is 2. The second-order valence-corrected chi connectivity index (χ2v) is 6.40. The van der Waals surface area contributed by atoms with Crippen LogP contribution >= 0.6 is 12.4 Å². The summed E-state index contributed by atoms with van der Waals surface area (Å²) in [5.41, 5.74) is 6.18. The minimum atomic E-state index is -0.363. The highest BCUT2D eigenvalue weighted by Crippen LogP contribution is 2.47. The quantitative estimate of drug-likeness (QED) is 0.715. The fraction of sp³-hybridized carbons (Fsp3) is 0.929. The number of carbonyl (C=O) groups is 1. The van der Waals surface area contributed by atoms with Gasteiger partial charge < -0.3 is 16.2 Å². The first kappa shape index (κ1) is 15.1. The van der Waals surface area contributed by atoms with Gasteiger partial charge in [0.1, 0.15) is 0 Å². The maximum absolute atomic E-state index is 12.4. The molecule has 0 aliphatic heterocycles. The molecule has 3 aliphatic rings. The summed E-state index contributed by atoms with van der Waals surface area (Å²) in [5, 5.41) is 13.0. The van der Waals surface area contributed by atoms with Crippen molar-refractivity contribution in [1.29, 1.82) is 0 Å². The van der Waals surface area contributed by atoms with Crippen molar-refractivity contribution in [2.45, 2.75) is 63.1 Å². The second kappa shape index (κ2) is 5.98. The Kier molecular flexibility index (Phi) is 4.75. The van der Waals surface area contributed by atoms with E-state index in [2.05, 4.69) is 5.32 Å². The van der Waals surface area contributed by atoms with Gasteiger partial charge in [0, 0.05) is 6.04 Å². The van der Waals surface area contributed by atoms with Gasteiger partial charge in [-0.25, -0.2) is 0 Å². The van der Waals surface area contributed by atoms with Gasteiger partial charge in [-0.3, -0.25) is 4.79 Å². The van der Waals surface area contributed by atoms with Crippen molar-refractivity contribution in [3.05, 3.63) is 0 Å². The molecule has 4 nitrogen and oxygen atoms in total. The summed E-state index contributed by atoms with van der Waals surface area (Å²) in [6, 6.07) is 0.00191. The van der Waals surface area contributed by atoms with Crippen LogP contribution in [-0.2, 0) is 4.79 Å². The molecule has 4 N–H and O–H groups in total. The molecule has 0 saturated heterocycles. The van der Waals surface area contributed by atoms with E-state index in [1.54, 1.807) is 0 Å². The summed E-state index contributed by atoms with van der Waals surface area (Å²) in [6.07, 6.45) is 7.01. The minimum absolute atomic E-state index is 0. The molecule has 3 fully saturated rings. The highest BCUT2D eigenvalue weighted by molar-refractivity contribution is 5.85. The molecule has 1 amide bonds. The van der Waals surface area contributed by atoms with Crippen molar-refractivity contribution in [3.8, 4) is 0 Å². The Hall–Kier alpha value is -0.320. The molecule has 0 heterocycles. The number of aliphatic hydroxyl groups is 1. The number of hydrogen-bond acceptors (Lipinski definition) is 3. The van der Waals surface area contributed by atoms with E-state index in [1.165, 1.54) is 6.42 Å². The molecule has 19 heavy (non-hydrogen) atoms. The summed E-state index contributed by atoms with van der Waals surface area (Å²) in [5.74, 6) is 1.14. The largest absolute Gasteiger partial charge is 0.391 e. The van der Waals surface area contributed by atoms with Crippen LogP contribution in [0.5, 0.6) is 0 Å². The Morgan fingerprint density at radius 2 is 1.79 bits per heavy atom. The van der Waals surface area contributed by atoms with Crippen LogP contribution < -0.4 is 11.1 Å². The molecule has 0 aromatic carbocycles. The van der Waals surface area contributed by atoms with E-state index in [9.17, 15) is 9.90 Å². The third-order valence-corrected chi connectivity index (χ3v) is 5.34. The zero-order valence-corrected chi connectivity index (χ0v) is 12.1. The summed E-state index contributed by atoms with van der Waals surface area (Å²) in [6.45, 7) is 0. The van der Waals surface area contributed by atoms with Gasteiger partial charge >= 0.3 is 0 Å². The van der Waals surface area contributed by atoms with E-state index in [0.717, 1.165) is 38.5 Å². The topological polar surface area (TPSA) is 75.4 Å². The van der Waals surface area contributed by atoms with E-state index < -0.39 is 0 Å². The number of fused-ring (bicyclic) bond motifs is 2. The lowest BCUT2D eigenvalue weighted by molar-refractivity contribution is -0.129. The van der Waals surface area contributed by atoms with Crippen molar-refractivity contribution in [2.75, 3.05) is 0 Å². The van der Waals surface area contributed by atoms with Gasteiger partial charge in [0.25, 0.3) is 0 Å². The molecule has 2 bridgehead atoms. The van der Waals surface area contributed by atoms with Crippen molar-refractivity contribution in [1.82, 2.24) is 5.32 Å². The number of halogens is 1. The van der Waals surface area contributed by atoms with Crippen molar-refractivity contribution in [2.24, 2.45) is 23.5 Å². The van der Waals surface area contributed by atoms with Crippen LogP contribution in [-0.4, -0.2) is 29.2 Å². The van der Waals surface area contributed by atoms with Gasteiger partial charge in [-0.15, -0.1) is 12.4 Å². The van der Waals surface area contributed by atoms with Gasteiger partial charge in [0.05, 0.1) is 18.1 Å². The number of carbonyl (C=O) groups excluding carboxylic acids is 1. The van der Waals surface area contributed by atoms with Gasteiger partial charge in [0.2, 0.25) is 5.91 Å². The van der Waals surface area contributed by atoms with Crippen LogP contribution in [0.15, 0.2) is 0 Å². The number of aliphatic hydroxyl groups excluding tert-OH is 1. The smallest absolute Gasteiger partial charge is 0.225 e. The molecule has 4 unspecified atom stereocenters. The molecule has 0 spiro atoms. The van der Waals surface area contributed by atoms with Crippen LogP contribution in [0.4, 0.5) is 0 Å². The van der Waals surface area contributed by atoms with Gasteiger partial charge in [-0.1, -0.05) is 12.8 Å². The first-order chi connectivity index (χ1) is 8.66. The predicted molar refractivity (Wildman–Crippen MR) is 75.9 cm³/mol. The minimum Gasteiger partial charge on any atom is -0.391 e. The zero-order chi connectivity index (χ0) is 12.7. The average molecular weight is 289 g/mol. The molecule has 0 radical (unpaired) electrons. The maximum atomic E-state index is 12.4. The third kappa shape index (κ3) is 2.76. The molecule has 0 aromatic heterocycles. The summed E-state index contributed by atoms with van der Waals surface area (Å²) < 4.78 is 0. The van der Waals surface area contributed by atoms with Gasteiger partial charge in [-0.2, -0.15) is 0 Å². The summed E-state index contributed by atoms with van der Waals surface area (Å²) in [4.78, 5) is 12.4. The van der Waals surface area contributed by atoms with Crippen LogP contribution in [0.25, 0.3) is 0 Å². The molecular formula is C14H25ClN2O2. The Bertz CT molecular complexity index is 337. The lowest BCUT2D eigenvalue weighted by Gasteiger charge is -2.32. The fourth-order valence-electron chi connectivity index (χ4n) is 4.28. The molecule has 3 saturated carbocycles. The van der Waals surface area contributed by atoms with Crippen molar-refractivity contribution >= 4 is 18.3 Å². The van der Waals surface area contributed by atoms with Gasteiger partial charge in [0.15, 0.2) is 0 Å². The van der Waals surface area contributed by atoms with Crippen molar-refractivity contribution < 1.29 is 9.90 Å². The highest BCUT2D eigenvalue weighted by Gasteiger charge is 2.49. The number of hydrogen-bond donors (Lipinski definition) is 3. The molecule has 3 aliphatic carbocycles. The molecule has 5 heteroatoms. The molecule has 3 rings (SSSR count). The molecule has 6 atom stereocenters. The Morgan fingerprint density at radius 1 is 1.11 bits per heavy atom. The van der Waals surface area contributed by atoms with Gasteiger partial charge in [-0.05, 0) is 43.9 Å². The van der Waals surface area contributed by atoms with E-state index in [0.29, 0.717) is 11.8 Å². The summed E-state index contributed by atoms with van der Waals surface area (Å²) >= 11 is 0. The lowest BCUT2D eigenvalue weighted by atomic mass is 9.83. The van der Waals surface area contributed by atoms with Crippen LogP contribution in [0, 0.1) is 17.8 Å². The number of nitrogens with one attached hydrogen (secondary N) is 1. The predicted octanol–water partition coefficient (Wildman–Crippen LogP) is 1.20. The van der Waals surface area contributed by atoms with E-state index in [1.807, 2.05) is 0 Å². The first-order valence-corrected chi connectivity index (χ1v) is 7.41. The standard InChI is InChI=1S/C14H24N2O2.ClH/c15-13-9-6-5-8(7-9)12(13)14(18)16-10-3-1-2-4-11(10)17;/h8-13,17H,1-7,15H2,(H,16,18);1H/t8?,9?,10-,11-,12?,13?;/m0./s1. The van der Waals surface area contributed by atoms with E-state index in [4.69, 9.17) is 5.73 Å². The Labute approximate surface area is 120 Å². The SMILES string of the molecule is Cl.NC1C2CCC(C2)C1C(=O)N[C@H]1CCCC[C@@H]1O.